The van der Waals surface area contributed by atoms with E-state index in [-0.39, 0.29) is 5.91 Å². The predicted molar refractivity (Wildman–Crippen MR) is 106 cm³/mol. The first-order chi connectivity index (χ1) is 13.3. The molecule has 0 saturated carbocycles. The summed E-state index contributed by atoms with van der Waals surface area (Å²) in [5.41, 5.74) is 2.91. The van der Waals surface area contributed by atoms with Crippen LogP contribution in [0.25, 0.3) is 10.9 Å². The Balaban J connectivity index is 1.69. The van der Waals surface area contributed by atoms with Crippen molar-refractivity contribution >= 4 is 28.2 Å². The van der Waals surface area contributed by atoms with E-state index in [0.29, 0.717) is 30.2 Å². The molecule has 6 nitrogen and oxygen atoms in total. The van der Waals surface area contributed by atoms with Crippen molar-refractivity contribution in [3.8, 4) is 5.75 Å². The maximum absolute atomic E-state index is 13.1. The molecule has 1 N–H and O–H groups in total. The lowest BCUT2D eigenvalue weighted by molar-refractivity contribution is 0.102. The van der Waals surface area contributed by atoms with Crippen LogP contribution < -0.4 is 15.0 Å². The summed E-state index contributed by atoms with van der Waals surface area (Å²) in [6.07, 6.45) is 1.72. The number of hydrogen-bond donors (Lipinski definition) is 1. The summed E-state index contributed by atoms with van der Waals surface area (Å²) in [4.78, 5) is 19.7. The van der Waals surface area contributed by atoms with Gasteiger partial charge in [0.15, 0.2) is 0 Å². The fraction of sp³-hybridized carbons (Fsp3) is 0.238. The number of anilines is 2. The van der Waals surface area contributed by atoms with Gasteiger partial charge < -0.3 is 19.7 Å². The number of carbonyl (C=O) groups is 1. The van der Waals surface area contributed by atoms with Gasteiger partial charge >= 0.3 is 0 Å². The fourth-order valence-electron chi connectivity index (χ4n) is 3.30. The zero-order valence-electron chi connectivity index (χ0n) is 15.1. The van der Waals surface area contributed by atoms with Gasteiger partial charge in [0.25, 0.3) is 5.91 Å². The van der Waals surface area contributed by atoms with Crippen LogP contribution in [-0.2, 0) is 4.74 Å². The quantitative estimate of drug-likeness (QED) is 0.770. The lowest BCUT2D eigenvalue weighted by Gasteiger charge is -2.30. The Morgan fingerprint density at radius 1 is 1.15 bits per heavy atom. The van der Waals surface area contributed by atoms with E-state index in [4.69, 9.17) is 9.47 Å². The molecule has 4 rings (SSSR count). The minimum Gasteiger partial charge on any atom is -0.497 e. The van der Waals surface area contributed by atoms with Crippen molar-refractivity contribution in [3.05, 3.63) is 60.3 Å². The van der Waals surface area contributed by atoms with Gasteiger partial charge in [0.2, 0.25) is 0 Å². The molecule has 0 unspecified atom stereocenters. The minimum absolute atomic E-state index is 0.187. The van der Waals surface area contributed by atoms with Crippen LogP contribution >= 0.6 is 0 Å². The van der Waals surface area contributed by atoms with Crippen molar-refractivity contribution in [2.45, 2.75) is 0 Å². The number of ether oxygens (including phenoxy) is 2. The van der Waals surface area contributed by atoms with E-state index in [1.807, 2.05) is 42.5 Å². The molecule has 1 amide bonds. The third-order valence-corrected chi connectivity index (χ3v) is 4.68. The van der Waals surface area contributed by atoms with Gasteiger partial charge in [-0.2, -0.15) is 0 Å². The van der Waals surface area contributed by atoms with Gasteiger partial charge in [-0.05, 0) is 30.3 Å². The Labute approximate surface area is 157 Å². The van der Waals surface area contributed by atoms with Crippen LogP contribution in [0.4, 0.5) is 11.4 Å². The van der Waals surface area contributed by atoms with E-state index in [1.54, 1.807) is 19.4 Å². The highest BCUT2D eigenvalue weighted by molar-refractivity contribution is 6.11. The number of carbonyl (C=O) groups excluding carboxylic acids is 1. The van der Waals surface area contributed by atoms with Crippen LogP contribution in [0.15, 0.2) is 54.7 Å². The second-order valence-electron chi connectivity index (χ2n) is 6.32. The first-order valence-electron chi connectivity index (χ1n) is 8.92. The summed E-state index contributed by atoms with van der Waals surface area (Å²) in [7, 11) is 1.60. The molecule has 3 aromatic rings. The molecule has 2 aromatic carbocycles. The average molecular weight is 363 g/mol. The second kappa shape index (κ2) is 7.63. The van der Waals surface area contributed by atoms with Crippen molar-refractivity contribution in [1.29, 1.82) is 0 Å². The van der Waals surface area contributed by atoms with Gasteiger partial charge in [-0.15, -0.1) is 0 Å². The van der Waals surface area contributed by atoms with E-state index in [2.05, 4.69) is 15.2 Å². The lowest BCUT2D eigenvalue weighted by Crippen LogP contribution is -2.37. The Hall–Kier alpha value is -3.12. The number of pyridine rings is 1. The molecule has 6 heteroatoms. The molecule has 1 fully saturated rings. The molecule has 0 radical (unpaired) electrons. The largest absolute Gasteiger partial charge is 0.497 e. The Morgan fingerprint density at radius 3 is 2.78 bits per heavy atom. The normalized spacial score (nSPS) is 14.2. The maximum atomic E-state index is 13.1. The first kappa shape index (κ1) is 17.3. The van der Waals surface area contributed by atoms with Crippen LogP contribution in [0.3, 0.4) is 0 Å². The smallest absolute Gasteiger partial charge is 0.257 e. The second-order valence-corrected chi connectivity index (χ2v) is 6.32. The molecular weight excluding hydrogens is 342 g/mol. The third-order valence-electron chi connectivity index (χ3n) is 4.68. The molecule has 1 aliphatic heterocycles. The van der Waals surface area contributed by atoms with E-state index < -0.39 is 0 Å². The molecular formula is C21H21N3O3. The van der Waals surface area contributed by atoms with Crippen LogP contribution in [0.5, 0.6) is 5.75 Å². The molecule has 1 aromatic heterocycles. The topological polar surface area (TPSA) is 63.7 Å². The standard InChI is InChI=1S/C21H21N3O3/c1-26-16-7-8-19(24-10-12-27-13-11-24)17(14-16)21(25)23-18-6-2-4-15-5-3-9-22-20(15)18/h2-9,14H,10-13H2,1H3,(H,23,25). The van der Waals surface area contributed by atoms with Crippen molar-refractivity contribution in [1.82, 2.24) is 4.98 Å². The minimum atomic E-state index is -0.187. The average Bonchev–Trinajstić information content (AvgIpc) is 2.74. The Morgan fingerprint density at radius 2 is 1.96 bits per heavy atom. The highest BCUT2D eigenvalue weighted by atomic mass is 16.5. The van der Waals surface area contributed by atoms with E-state index in [0.717, 1.165) is 29.7 Å². The number of nitrogens with zero attached hydrogens (tertiary/aromatic N) is 2. The number of aromatic nitrogens is 1. The van der Waals surface area contributed by atoms with Crippen molar-refractivity contribution in [2.24, 2.45) is 0 Å². The van der Waals surface area contributed by atoms with Crippen LogP contribution in [0.2, 0.25) is 0 Å². The highest BCUT2D eigenvalue weighted by Gasteiger charge is 2.20. The lowest BCUT2D eigenvalue weighted by atomic mass is 10.1. The first-order valence-corrected chi connectivity index (χ1v) is 8.92. The van der Waals surface area contributed by atoms with Crippen molar-refractivity contribution in [3.63, 3.8) is 0 Å². The van der Waals surface area contributed by atoms with Crippen LogP contribution in [0.1, 0.15) is 10.4 Å². The number of para-hydroxylation sites is 1. The van der Waals surface area contributed by atoms with Crippen LogP contribution in [0, 0.1) is 0 Å². The summed E-state index contributed by atoms with van der Waals surface area (Å²) < 4.78 is 10.8. The monoisotopic (exact) mass is 363 g/mol. The summed E-state index contributed by atoms with van der Waals surface area (Å²) >= 11 is 0. The SMILES string of the molecule is COc1ccc(N2CCOCC2)c(C(=O)Nc2cccc3cccnc23)c1. The van der Waals surface area contributed by atoms with Crippen molar-refractivity contribution < 1.29 is 14.3 Å². The summed E-state index contributed by atoms with van der Waals surface area (Å²) in [5, 5.41) is 4.00. The van der Waals surface area contributed by atoms with Gasteiger partial charge in [-0.1, -0.05) is 18.2 Å². The molecule has 0 aliphatic carbocycles. The molecule has 1 aliphatic rings. The summed E-state index contributed by atoms with van der Waals surface area (Å²) in [5.74, 6) is 0.460. The summed E-state index contributed by atoms with van der Waals surface area (Å²) in [6.45, 7) is 2.81. The number of fused-ring (bicyclic) bond motifs is 1. The van der Waals surface area contributed by atoms with Gasteiger partial charge in [-0.3, -0.25) is 9.78 Å². The van der Waals surface area contributed by atoms with Gasteiger partial charge in [-0.25, -0.2) is 0 Å². The highest BCUT2D eigenvalue weighted by Crippen LogP contribution is 2.28. The van der Waals surface area contributed by atoms with Gasteiger partial charge in [0, 0.05) is 30.4 Å². The Bertz CT molecular complexity index is 963. The number of benzene rings is 2. The van der Waals surface area contributed by atoms with Crippen molar-refractivity contribution in [2.75, 3.05) is 43.6 Å². The molecule has 0 atom stereocenters. The number of nitrogens with one attached hydrogen (secondary N) is 1. The summed E-state index contributed by atoms with van der Waals surface area (Å²) in [6, 6.07) is 15.2. The fourth-order valence-corrected chi connectivity index (χ4v) is 3.30. The van der Waals surface area contributed by atoms with E-state index in [9.17, 15) is 4.79 Å². The molecule has 0 spiro atoms. The maximum Gasteiger partial charge on any atom is 0.257 e. The van der Waals surface area contributed by atoms with Gasteiger partial charge in [0.1, 0.15) is 5.75 Å². The number of methoxy groups -OCH3 is 1. The number of rotatable bonds is 4. The van der Waals surface area contributed by atoms with E-state index >= 15 is 0 Å². The third kappa shape index (κ3) is 3.57. The molecule has 27 heavy (non-hydrogen) atoms. The van der Waals surface area contributed by atoms with Gasteiger partial charge in [0.05, 0.1) is 37.1 Å². The molecule has 1 saturated heterocycles. The number of morpholine rings is 1. The molecule has 2 heterocycles. The predicted octanol–water partition coefficient (Wildman–Crippen LogP) is 3.33. The zero-order chi connectivity index (χ0) is 18.6. The number of amides is 1. The zero-order valence-corrected chi connectivity index (χ0v) is 15.1. The Kier molecular flexibility index (Phi) is 4.89. The van der Waals surface area contributed by atoms with Crippen LogP contribution in [-0.4, -0.2) is 44.3 Å². The van der Waals surface area contributed by atoms with E-state index in [1.165, 1.54) is 0 Å². The number of hydrogen-bond acceptors (Lipinski definition) is 5. The molecule has 138 valence electrons. The molecule has 0 bridgehead atoms.